The van der Waals surface area contributed by atoms with Crippen LogP contribution in [0.15, 0.2) is 30.3 Å². The molecule has 1 aliphatic rings. The first-order chi connectivity index (χ1) is 10.1. The zero-order chi connectivity index (χ0) is 16.1. The van der Waals surface area contributed by atoms with Gasteiger partial charge >= 0.3 is 0 Å². The molecule has 0 aromatic heterocycles. The fraction of sp³-hybridized carbons (Fsp3) is 0.500. The second-order valence-corrected chi connectivity index (χ2v) is 4.83. The lowest BCUT2D eigenvalue weighted by Crippen LogP contribution is -2.29. The number of benzene rings is 1. The molecule has 0 aliphatic carbocycles. The molecule has 5 heteroatoms. The van der Waals surface area contributed by atoms with Gasteiger partial charge in [-0.3, -0.25) is 9.59 Å². The molecule has 1 aromatic carbocycles. The van der Waals surface area contributed by atoms with E-state index in [2.05, 4.69) is 29.1 Å². The van der Waals surface area contributed by atoms with Crippen molar-refractivity contribution < 1.29 is 14.3 Å². The van der Waals surface area contributed by atoms with Crippen LogP contribution in [-0.4, -0.2) is 51.6 Å². The van der Waals surface area contributed by atoms with Gasteiger partial charge in [-0.05, 0) is 13.3 Å². The summed E-state index contributed by atoms with van der Waals surface area (Å²) in [6.07, 6.45) is 1.49. The van der Waals surface area contributed by atoms with Crippen LogP contribution < -0.4 is 5.32 Å². The summed E-state index contributed by atoms with van der Waals surface area (Å²) >= 11 is 0. The van der Waals surface area contributed by atoms with Crippen molar-refractivity contribution in [1.29, 1.82) is 0 Å². The number of rotatable bonds is 3. The Bertz CT molecular complexity index is 396. The van der Waals surface area contributed by atoms with Crippen LogP contribution in [0, 0.1) is 12.8 Å². The van der Waals surface area contributed by atoms with Crippen LogP contribution in [-0.2, 0) is 14.3 Å². The van der Waals surface area contributed by atoms with Crippen molar-refractivity contribution in [2.24, 2.45) is 5.92 Å². The van der Waals surface area contributed by atoms with Gasteiger partial charge in [0.2, 0.25) is 12.3 Å². The third-order valence-corrected chi connectivity index (χ3v) is 2.93. The van der Waals surface area contributed by atoms with Crippen molar-refractivity contribution >= 4 is 12.3 Å². The molecule has 2 rings (SSSR count). The first-order valence-corrected chi connectivity index (χ1v) is 6.90. The van der Waals surface area contributed by atoms with Gasteiger partial charge in [0, 0.05) is 34.4 Å². The van der Waals surface area contributed by atoms with Gasteiger partial charge in [-0.2, -0.15) is 0 Å². The van der Waals surface area contributed by atoms with Crippen LogP contribution in [0.4, 0.5) is 0 Å². The standard InChI is InChI=1S/C7H12N2O2.C7H8.C2H6O/c1-9-3-2-6(7(9)11)4-8-5-10;1-7-5-3-2-4-6-7;1-3-2/h5-6H,2-4H2,1H3,(H,8,10);2-6H,1H3;1-2H3. The Balaban J connectivity index is 0.000000342. The zero-order valence-corrected chi connectivity index (χ0v) is 13.3. The SMILES string of the molecule is CN1CCC(CNC=O)C1=O.COC.Cc1ccccc1. The van der Waals surface area contributed by atoms with Crippen molar-refractivity contribution in [2.45, 2.75) is 13.3 Å². The summed E-state index contributed by atoms with van der Waals surface area (Å²) in [6, 6.07) is 10.3. The lowest BCUT2D eigenvalue weighted by molar-refractivity contribution is -0.129. The van der Waals surface area contributed by atoms with E-state index < -0.39 is 0 Å². The molecule has 1 atom stereocenters. The Morgan fingerprint density at radius 3 is 2.24 bits per heavy atom. The predicted molar refractivity (Wildman–Crippen MR) is 83.9 cm³/mol. The molecule has 1 aromatic rings. The lowest BCUT2D eigenvalue weighted by Gasteiger charge is -2.08. The average molecular weight is 294 g/mol. The number of carbonyl (C=O) groups excluding carboxylic acids is 2. The quantitative estimate of drug-likeness (QED) is 0.859. The van der Waals surface area contributed by atoms with Gasteiger partial charge in [-0.15, -0.1) is 0 Å². The molecule has 1 aliphatic heterocycles. The molecule has 118 valence electrons. The molecule has 0 saturated carbocycles. The van der Waals surface area contributed by atoms with E-state index in [0.717, 1.165) is 13.0 Å². The normalized spacial score (nSPS) is 16.3. The topological polar surface area (TPSA) is 58.6 Å². The molecule has 5 nitrogen and oxygen atoms in total. The Morgan fingerprint density at radius 2 is 1.90 bits per heavy atom. The number of likely N-dealkylation sites (tertiary alicyclic amines) is 1. The largest absolute Gasteiger partial charge is 0.388 e. The predicted octanol–water partition coefficient (Wildman–Crippen LogP) is 1.47. The summed E-state index contributed by atoms with van der Waals surface area (Å²) in [6.45, 7) is 3.37. The molecular weight excluding hydrogens is 268 g/mol. The van der Waals surface area contributed by atoms with Gasteiger partial charge < -0.3 is 15.0 Å². The molecule has 2 amide bonds. The van der Waals surface area contributed by atoms with Crippen molar-refractivity contribution in [3.63, 3.8) is 0 Å². The zero-order valence-electron chi connectivity index (χ0n) is 13.3. The Kier molecular flexibility index (Phi) is 10.8. The molecule has 0 radical (unpaired) electrons. The van der Waals surface area contributed by atoms with Gasteiger partial charge in [0.25, 0.3) is 0 Å². The number of nitrogens with zero attached hydrogens (tertiary/aromatic N) is 1. The average Bonchev–Trinajstić information content (AvgIpc) is 2.79. The van der Waals surface area contributed by atoms with E-state index in [1.165, 1.54) is 5.56 Å². The van der Waals surface area contributed by atoms with Crippen LogP contribution in [0.5, 0.6) is 0 Å². The third kappa shape index (κ3) is 8.81. The molecule has 1 N–H and O–H groups in total. The number of carbonyl (C=O) groups is 2. The number of hydrogen-bond donors (Lipinski definition) is 1. The highest BCUT2D eigenvalue weighted by atomic mass is 16.4. The summed E-state index contributed by atoms with van der Waals surface area (Å²) < 4.78 is 4.25. The molecule has 0 bridgehead atoms. The molecule has 1 saturated heterocycles. The third-order valence-electron chi connectivity index (χ3n) is 2.93. The second kappa shape index (κ2) is 11.9. The van der Waals surface area contributed by atoms with Gasteiger partial charge in [0.05, 0.1) is 5.92 Å². The molecule has 0 spiro atoms. The molecule has 21 heavy (non-hydrogen) atoms. The van der Waals surface area contributed by atoms with Crippen LogP contribution in [0.3, 0.4) is 0 Å². The van der Waals surface area contributed by atoms with Gasteiger partial charge in [0.15, 0.2) is 0 Å². The van der Waals surface area contributed by atoms with E-state index >= 15 is 0 Å². The Hall–Kier alpha value is -1.88. The smallest absolute Gasteiger partial charge is 0.227 e. The van der Waals surface area contributed by atoms with Gasteiger partial charge in [0.1, 0.15) is 0 Å². The Morgan fingerprint density at radius 1 is 1.33 bits per heavy atom. The van der Waals surface area contributed by atoms with Crippen molar-refractivity contribution in [1.82, 2.24) is 10.2 Å². The first-order valence-electron chi connectivity index (χ1n) is 6.90. The molecular formula is C16H26N2O3. The van der Waals surface area contributed by atoms with Crippen molar-refractivity contribution in [3.8, 4) is 0 Å². The number of ether oxygens (including phenoxy) is 1. The number of hydrogen-bond acceptors (Lipinski definition) is 3. The highest BCUT2D eigenvalue weighted by Crippen LogP contribution is 2.14. The molecule has 1 unspecified atom stereocenters. The van der Waals surface area contributed by atoms with Crippen LogP contribution in [0.2, 0.25) is 0 Å². The maximum Gasteiger partial charge on any atom is 0.227 e. The van der Waals surface area contributed by atoms with Gasteiger partial charge in [-0.25, -0.2) is 0 Å². The summed E-state index contributed by atoms with van der Waals surface area (Å²) in [5.74, 6) is 0.143. The van der Waals surface area contributed by atoms with Crippen molar-refractivity contribution in [3.05, 3.63) is 35.9 Å². The fourth-order valence-electron chi connectivity index (χ4n) is 1.81. The maximum atomic E-state index is 11.2. The van der Waals surface area contributed by atoms with Crippen molar-refractivity contribution in [2.75, 3.05) is 34.4 Å². The minimum atomic E-state index is 0.00481. The monoisotopic (exact) mass is 294 g/mol. The van der Waals surface area contributed by atoms with Crippen LogP contribution >= 0.6 is 0 Å². The maximum absolute atomic E-state index is 11.2. The summed E-state index contributed by atoms with van der Waals surface area (Å²) in [5.41, 5.74) is 1.32. The molecule has 1 fully saturated rings. The summed E-state index contributed by atoms with van der Waals surface area (Å²) in [4.78, 5) is 22.8. The molecule has 1 heterocycles. The highest BCUT2D eigenvalue weighted by Gasteiger charge is 2.28. The van der Waals surface area contributed by atoms with E-state index in [1.54, 1.807) is 26.2 Å². The minimum absolute atomic E-state index is 0.00481. The van der Waals surface area contributed by atoms with E-state index in [9.17, 15) is 9.59 Å². The summed E-state index contributed by atoms with van der Waals surface area (Å²) in [7, 11) is 5.03. The van der Waals surface area contributed by atoms with Crippen LogP contribution in [0.25, 0.3) is 0 Å². The minimum Gasteiger partial charge on any atom is -0.388 e. The van der Waals surface area contributed by atoms with E-state index in [-0.39, 0.29) is 11.8 Å². The summed E-state index contributed by atoms with van der Waals surface area (Å²) in [5, 5.41) is 2.51. The van der Waals surface area contributed by atoms with E-state index in [0.29, 0.717) is 13.0 Å². The highest BCUT2D eigenvalue weighted by molar-refractivity contribution is 5.81. The van der Waals surface area contributed by atoms with Crippen LogP contribution in [0.1, 0.15) is 12.0 Å². The number of nitrogens with one attached hydrogen (secondary N) is 1. The van der Waals surface area contributed by atoms with E-state index in [4.69, 9.17) is 0 Å². The number of amides is 2. The number of methoxy groups -OCH3 is 1. The fourth-order valence-corrected chi connectivity index (χ4v) is 1.81. The lowest BCUT2D eigenvalue weighted by atomic mass is 10.1. The van der Waals surface area contributed by atoms with Gasteiger partial charge in [-0.1, -0.05) is 35.9 Å². The Labute approximate surface area is 127 Å². The first kappa shape index (κ1) is 19.1. The van der Waals surface area contributed by atoms with E-state index in [1.807, 2.05) is 18.2 Å². The second-order valence-electron chi connectivity index (χ2n) is 4.83. The number of aryl methyl sites for hydroxylation is 1.